The second-order valence-electron chi connectivity index (χ2n) is 14.6. The first kappa shape index (κ1) is 40.3. The summed E-state index contributed by atoms with van der Waals surface area (Å²) in [6.45, 7) is 24.9. The molecule has 0 bridgehead atoms. The zero-order chi connectivity index (χ0) is 31.5. The predicted octanol–water partition coefficient (Wildman–Crippen LogP) is 4.76. The van der Waals surface area contributed by atoms with E-state index >= 15 is 0 Å². The van der Waals surface area contributed by atoms with Crippen LogP contribution in [0.2, 0.25) is 0 Å². The molecule has 0 fully saturated rings. The zero-order valence-corrected chi connectivity index (χ0v) is 32.4. The van der Waals surface area contributed by atoms with E-state index in [4.69, 9.17) is 0 Å². The van der Waals surface area contributed by atoms with Crippen molar-refractivity contribution in [2.45, 2.75) is 105 Å². The molecule has 1 aliphatic rings. The Labute approximate surface area is 294 Å². The molecule has 0 aromatic heterocycles. The molecule has 0 spiro atoms. The number of hydrogen-bond acceptors (Lipinski definition) is 0. The van der Waals surface area contributed by atoms with Gasteiger partial charge >= 0.3 is 68.0 Å². The van der Waals surface area contributed by atoms with Crippen LogP contribution in [0.1, 0.15) is 114 Å². The molecule has 0 unspecified atom stereocenters. The monoisotopic (exact) mass is 708 g/mol. The molecular formula is C40H49Cl2FZr-2. The number of halogens is 3. The average Bonchev–Trinajstić information content (AvgIpc) is 3.48. The van der Waals surface area contributed by atoms with Crippen molar-refractivity contribution in [1.82, 2.24) is 0 Å². The number of benzene rings is 3. The molecule has 0 amide bonds. The SMILES string of the molecule is CC(C)(C)c1c[c-]c2c(c1)-c1cc(C(C)(C)C)ccc1C2.CCc1[cH-]c(C)cc1C(C)(C)C.Fc1ccc([CH]=[Zr+2])cc1.[Cl-].[Cl-]. The van der Waals surface area contributed by atoms with Crippen LogP contribution >= 0.6 is 0 Å². The van der Waals surface area contributed by atoms with E-state index in [0.29, 0.717) is 5.41 Å². The van der Waals surface area contributed by atoms with Gasteiger partial charge in [0.2, 0.25) is 0 Å². The Balaban J connectivity index is 0.000000359. The third-order valence-electron chi connectivity index (χ3n) is 7.87. The Bertz CT molecular complexity index is 1450. The van der Waals surface area contributed by atoms with Crippen LogP contribution in [0.15, 0.2) is 66.7 Å². The molecule has 5 rings (SSSR count). The van der Waals surface area contributed by atoms with Gasteiger partial charge in [0.15, 0.2) is 0 Å². The molecule has 0 radical (unpaired) electrons. The van der Waals surface area contributed by atoms with E-state index in [1.807, 2.05) is 3.71 Å². The average molecular weight is 711 g/mol. The summed E-state index contributed by atoms with van der Waals surface area (Å²) in [5.74, 6) is -0.170. The first-order valence-electron chi connectivity index (χ1n) is 15.2. The van der Waals surface area contributed by atoms with Crippen LogP contribution in [-0.2, 0) is 53.3 Å². The minimum atomic E-state index is -0.170. The molecule has 0 N–H and O–H groups in total. The number of aryl methyl sites for hydroxylation is 2. The van der Waals surface area contributed by atoms with Crippen LogP contribution in [0.4, 0.5) is 4.39 Å². The van der Waals surface area contributed by atoms with Gasteiger partial charge in [0.1, 0.15) is 0 Å². The summed E-state index contributed by atoms with van der Waals surface area (Å²) >= 11 is 1.34. The molecule has 1 aliphatic carbocycles. The van der Waals surface area contributed by atoms with Crippen molar-refractivity contribution in [3.63, 3.8) is 0 Å². The molecule has 44 heavy (non-hydrogen) atoms. The predicted molar refractivity (Wildman–Crippen MR) is 177 cm³/mol. The summed E-state index contributed by atoms with van der Waals surface area (Å²) in [5.41, 5.74) is 14.6. The first-order valence-corrected chi connectivity index (χ1v) is 16.6. The van der Waals surface area contributed by atoms with Crippen molar-refractivity contribution < 1.29 is 53.4 Å². The maximum absolute atomic E-state index is 12.2. The molecule has 0 aliphatic heterocycles. The fraction of sp³-hybridized carbons (Fsp3) is 0.400. The van der Waals surface area contributed by atoms with E-state index in [1.165, 1.54) is 86.4 Å². The second kappa shape index (κ2) is 16.2. The third-order valence-corrected chi connectivity index (χ3v) is 8.69. The van der Waals surface area contributed by atoms with Crippen LogP contribution in [0.5, 0.6) is 0 Å². The standard InChI is InChI=1S/C21H25.C12H19.C7H5F.2ClH.Zr/c1-20(2,3)16-9-7-14-11-15-8-10-17(21(4,5)6)13-19(15)18(14)12-16;1-6-10-7-9(2)8-11(10)12(3,4)5;1-6-2-4-7(8)5-3-6;;;/h7,9-10,12-13H,11H2,1-6H3;7-8H,6H2,1-5H3;1-5H;2*1H;/q2*-1;;;;+2/p-2. The second-order valence-corrected chi connectivity index (χ2v) is 15.3. The van der Waals surface area contributed by atoms with Crippen LogP contribution < -0.4 is 24.8 Å². The molecule has 4 heteroatoms. The van der Waals surface area contributed by atoms with E-state index < -0.39 is 0 Å². The maximum atomic E-state index is 12.2. The van der Waals surface area contributed by atoms with Gasteiger partial charge in [-0.1, -0.05) is 123 Å². The van der Waals surface area contributed by atoms with Gasteiger partial charge in [0.25, 0.3) is 0 Å². The van der Waals surface area contributed by atoms with E-state index in [2.05, 4.69) is 125 Å². The van der Waals surface area contributed by atoms with Gasteiger partial charge in [-0.05, 0) is 17.4 Å². The largest absolute Gasteiger partial charge is 1.00 e. The van der Waals surface area contributed by atoms with Gasteiger partial charge < -0.3 is 24.8 Å². The summed E-state index contributed by atoms with van der Waals surface area (Å²) in [7, 11) is 0. The number of rotatable bonds is 2. The van der Waals surface area contributed by atoms with Crippen molar-refractivity contribution in [2.24, 2.45) is 0 Å². The smallest absolute Gasteiger partial charge is 1.00 e. The van der Waals surface area contributed by atoms with Crippen molar-refractivity contribution in [2.75, 3.05) is 0 Å². The minimum absolute atomic E-state index is 0. The maximum Gasteiger partial charge on any atom is -1.00 e. The van der Waals surface area contributed by atoms with Crippen LogP contribution in [0.25, 0.3) is 11.1 Å². The molecule has 4 aromatic rings. The van der Waals surface area contributed by atoms with E-state index in [9.17, 15) is 4.39 Å². The Hall–Kier alpha value is -1.73. The zero-order valence-electron chi connectivity index (χ0n) is 28.5. The fourth-order valence-electron chi connectivity index (χ4n) is 5.25. The molecule has 0 heterocycles. The Morgan fingerprint density at radius 2 is 1.36 bits per heavy atom. The number of hydrogen-bond donors (Lipinski definition) is 0. The molecule has 4 aromatic carbocycles. The van der Waals surface area contributed by atoms with Gasteiger partial charge in [-0.15, -0.1) is 5.56 Å². The van der Waals surface area contributed by atoms with E-state index in [-0.39, 0.29) is 41.5 Å². The summed E-state index contributed by atoms with van der Waals surface area (Å²) in [4.78, 5) is 0. The Kier molecular flexibility index (Phi) is 14.8. The third kappa shape index (κ3) is 10.7. The van der Waals surface area contributed by atoms with Gasteiger partial charge in [-0.25, -0.2) is 6.07 Å². The molecule has 0 saturated heterocycles. The van der Waals surface area contributed by atoms with E-state index in [1.54, 1.807) is 12.1 Å². The summed E-state index contributed by atoms with van der Waals surface area (Å²) in [6.07, 6.45) is 2.18. The molecule has 0 atom stereocenters. The quantitative estimate of drug-likeness (QED) is 0.232. The van der Waals surface area contributed by atoms with Gasteiger partial charge in [-0.3, -0.25) is 0 Å². The van der Waals surface area contributed by atoms with Gasteiger partial charge in [0.05, 0.1) is 0 Å². The van der Waals surface area contributed by atoms with E-state index in [0.717, 1.165) is 18.4 Å². The van der Waals surface area contributed by atoms with Crippen molar-refractivity contribution in [3.05, 3.63) is 123 Å². The molecular weight excluding hydrogens is 662 g/mol. The fourth-order valence-corrected chi connectivity index (χ4v) is 5.72. The molecule has 0 nitrogen and oxygen atoms in total. The van der Waals surface area contributed by atoms with Crippen molar-refractivity contribution >= 4 is 3.71 Å². The molecule has 0 saturated carbocycles. The summed E-state index contributed by atoms with van der Waals surface area (Å²) < 4.78 is 14.2. The summed E-state index contributed by atoms with van der Waals surface area (Å²) in [6, 6.07) is 26.2. The Morgan fingerprint density at radius 3 is 1.84 bits per heavy atom. The topological polar surface area (TPSA) is 0 Å². The minimum Gasteiger partial charge on any atom is -1.00 e. The normalized spacial score (nSPS) is 11.9. The summed E-state index contributed by atoms with van der Waals surface area (Å²) in [5, 5.41) is 0. The van der Waals surface area contributed by atoms with Crippen LogP contribution in [-0.4, -0.2) is 3.71 Å². The molecule has 236 valence electrons. The van der Waals surface area contributed by atoms with Gasteiger partial charge in [0, 0.05) is 0 Å². The number of fused-ring (bicyclic) bond motifs is 3. The van der Waals surface area contributed by atoms with Crippen molar-refractivity contribution in [3.8, 4) is 11.1 Å². The first-order chi connectivity index (χ1) is 19.4. The Morgan fingerprint density at radius 1 is 0.795 bits per heavy atom. The van der Waals surface area contributed by atoms with Crippen LogP contribution in [0.3, 0.4) is 0 Å². The van der Waals surface area contributed by atoms with Crippen LogP contribution in [0, 0.1) is 18.8 Å². The van der Waals surface area contributed by atoms with Crippen molar-refractivity contribution in [1.29, 1.82) is 0 Å². The van der Waals surface area contributed by atoms with Gasteiger partial charge in [-0.2, -0.15) is 52.1 Å².